The van der Waals surface area contributed by atoms with E-state index in [-0.39, 0.29) is 11.2 Å². The van der Waals surface area contributed by atoms with Crippen LogP contribution in [0.5, 0.6) is 0 Å². The lowest BCUT2D eigenvalue weighted by Crippen LogP contribution is -2.35. The fourth-order valence-corrected chi connectivity index (χ4v) is 1.16. The molecule has 0 atom stereocenters. The van der Waals surface area contributed by atoms with E-state index in [4.69, 9.17) is 14.8 Å². The Hall–Kier alpha value is -1.27. The van der Waals surface area contributed by atoms with Gasteiger partial charge in [0.2, 0.25) is 0 Å². The van der Waals surface area contributed by atoms with E-state index in [1.54, 1.807) is 0 Å². The van der Waals surface area contributed by atoms with Crippen molar-refractivity contribution in [2.24, 2.45) is 0 Å². The molecule has 0 aromatic carbocycles. The summed E-state index contributed by atoms with van der Waals surface area (Å²) in [6, 6.07) is 1.46. The van der Waals surface area contributed by atoms with Gasteiger partial charge in [0.25, 0.3) is 0 Å². The minimum atomic E-state index is -1.69. The van der Waals surface area contributed by atoms with Gasteiger partial charge in [-0.05, 0) is 12.5 Å². The first-order valence-electron chi connectivity index (χ1n) is 4.87. The van der Waals surface area contributed by atoms with Gasteiger partial charge in [-0.15, -0.1) is 0 Å². The monoisotopic (exact) mass is 211 g/mol. The molecule has 1 rings (SSSR count). The Balaban J connectivity index is 2.61. The fourth-order valence-electron chi connectivity index (χ4n) is 1.16. The quantitative estimate of drug-likeness (QED) is 0.353. The molecule has 15 heavy (non-hydrogen) atoms. The molecule has 0 aliphatic carbocycles. The van der Waals surface area contributed by atoms with E-state index in [1.807, 2.05) is 6.92 Å². The van der Waals surface area contributed by atoms with Crippen molar-refractivity contribution >= 4 is 18.7 Å². The molecular weight excluding hydrogens is 197 g/mol. The summed E-state index contributed by atoms with van der Waals surface area (Å²) in [4.78, 5) is 14.0. The zero-order chi connectivity index (χ0) is 11.3. The van der Waals surface area contributed by atoms with Crippen LogP contribution in [0, 0.1) is 0 Å². The summed E-state index contributed by atoms with van der Waals surface area (Å²) in [6.07, 6.45) is 3.20. The molecule has 0 aliphatic rings. The van der Waals surface area contributed by atoms with Crippen molar-refractivity contribution in [2.45, 2.75) is 19.8 Å². The molecule has 6 heteroatoms. The number of rotatable bonds is 5. The number of H-pyrrole nitrogens is 1. The first-order chi connectivity index (χ1) is 7.16. The second-order valence-corrected chi connectivity index (χ2v) is 3.17. The van der Waals surface area contributed by atoms with E-state index in [2.05, 4.69) is 4.98 Å². The normalized spacial score (nSPS) is 10.1. The standard InChI is InChI=1S/C9H14BNO4/c1-2-3-6-15-9(12)7-4-5-11-8(7)10(13)14/h4-5,11,13-14H,2-3,6H2,1H3. The minimum absolute atomic E-state index is 0.0662. The molecular formula is C9H14BNO4. The fraction of sp³-hybridized carbons (Fsp3) is 0.444. The number of hydrogen-bond donors (Lipinski definition) is 3. The summed E-state index contributed by atoms with van der Waals surface area (Å²) in [5.74, 6) is -0.534. The molecule has 0 saturated carbocycles. The highest BCUT2D eigenvalue weighted by Gasteiger charge is 2.22. The van der Waals surface area contributed by atoms with Crippen molar-refractivity contribution in [3.8, 4) is 0 Å². The molecule has 0 bridgehead atoms. The Kier molecular flexibility index (Phi) is 4.39. The average molecular weight is 211 g/mol. The van der Waals surface area contributed by atoms with Crippen LogP contribution in [-0.2, 0) is 4.74 Å². The zero-order valence-electron chi connectivity index (χ0n) is 8.56. The number of carbonyl (C=O) groups excluding carboxylic acids is 1. The molecule has 0 radical (unpaired) electrons. The molecule has 5 nitrogen and oxygen atoms in total. The Morgan fingerprint density at radius 1 is 1.60 bits per heavy atom. The maximum atomic E-state index is 11.4. The maximum absolute atomic E-state index is 11.4. The van der Waals surface area contributed by atoms with E-state index in [0.29, 0.717) is 6.61 Å². The maximum Gasteiger partial charge on any atom is 0.506 e. The van der Waals surface area contributed by atoms with E-state index < -0.39 is 13.1 Å². The number of carbonyl (C=O) groups is 1. The predicted octanol–water partition coefficient (Wildman–Crippen LogP) is -0.349. The Labute approximate surface area is 88.2 Å². The number of esters is 1. The van der Waals surface area contributed by atoms with Gasteiger partial charge in [0, 0.05) is 6.20 Å². The number of hydrogen-bond acceptors (Lipinski definition) is 4. The third-order valence-electron chi connectivity index (χ3n) is 1.99. The second-order valence-electron chi connectivity index (χ2n) is 3.17. The van der Waals surface area contributed by atoms with Crippen LogP contribution in [0.3, 0.4) is 0 Å². The second kappa shape index (κ2) is 5.58. The average Bonchev–Trinajstić information content (AvgIpc) is 2.66. The lowest BCUT2D eigenvalue weighted by atomic mass is 9.83. The number of unbranched alkanes of at least 4 members (excludes halogenated alkanes) is 1. The molecule has 0 unspecified atom stereocenters. The summed E-state index contributed by atoms with van der Waals surface area (Å²) in [6.45, 7) is 2.34. The van der Waals surface area contributed by atoms with Crippen molar-refractivity contribution < 1.29 is 19.6 Å². The zero-order valence-corrected chi connectivity index (χ0v) is 8.56. The molecule has 0 aliphatic heterocycles. The predicted molar refractivity (Wildman–Crippen MR) is 55.8 cm³/mol. The topological polar surface area (TPSA) is 82.6 Å². The molecule has 1 heterocycles. The number of aromatic amines is 1. The van der Waals surface area contributed by atoms with Gasteiger partial charge >= 0.3 is 13.1 Å². The lowest BCUT2D eigenvalue weighted by Gasteiger charge is -2.04. The summed E-state index contributed by atoms with van der Waals surface area (Å²) >= 11 is 0. The van der Waals surface area contributed by atoms with E-state index in [9.17, 15) is 4.79 Å². The highest BCUT2D eigenvalue weighted by Crippen LogP contribution is 2.00. The first-order valence-corrected chi connectivity index (χ1v) is 4.87. The van der Waals surface area contributed by atoms with Crippen LogP contribution in [0.25, 0.3) is 0 Å². The summed E-state index contributed by atoms with van der Waals surface area (Å²) in [7, 11) is -1.69. The molecule has 0 spiro atoms. The van der Waals surface area contributed by atoms with E-state index >= 15 is 0 Å². The van der Waals surface area contributed by atoms with Gasteiger partial charge in [0.15, 0.2) is 0 Å². The summed E-state index contributed by atoms with van der Waals surface area (Å²) < 4.78 is 4.94. The molecule has 1 aromatic heterocycles. The Morgan fingerprint density at radius 3 is 2.93 bits per heavy atom. The van der Waals surface area contributed by atoms with E-state index in [0.717, 1.165) is 12.8 Å². The summed E-state index contributed by atoms with van der Waals surface area (Å²) in [5.41, 5.74) is 0.234. The van der Waals surface area contributed by atoms with Crippen LogP contribution in [0.2, 0.25) is 0 Å². The van der Waals surface area contributed by atoms with Crippen molar-refractivity contribution in [1.82, 2.24) is 4.98 Å². The SMILES string of the molecule is CCCCOC(=O)c1cc[nH]c1B(O)O. The van der Waals surface area contributed by atoms with Gasteiger partial charge in [0.1, 0.15) is 0 Å². The molecule has 3 N–H and O–H groups in total. The van der Waals surface area contributed by atoms with Gasteiger partial charge in [-0.25, -0.2) is 4.79 Å². The third kappa shape index (κ3) is 3.11. The van der Waals surface area contributed by atoms with Gasteiger partial charge in [-0.2, -0.15) is 0 Å². The third-order valence-corrected chi connectivity index (χ3v) is 1.99. The molecule has 0 amide bonds. The molecule has 1 aromatic rings. The Morgan fingerprint density at radius 2 is 2.33 bits per heavy atom. The van der Waals surface area contributed by atoms with Crippen molar-refractivity contribution in [2.75, 3.05) is 6.61 Å². The van der Waals surface area contributed by atoms with Crippen LogP contribution in [0.1, 0.15) is 30.1 Å². The van der Waals surface area contributed by atoms with Crippen molar-refractivity contribution in [3.05, 3.63) is 17.8 Å². The van der Waals surface area contributed by atoms with E-state index in [1.165, 1.54) is 12.3 Å². The molecule has 0 fully saturated rings. The number of nitrogens with one attached hydrogen (secondary N) is 1. The smallest absolute Gasteiger partial charge is 0.462 e. The first kappa shape index (κ1) is 11.8. The highest BCUT2D eigenvalue weighted by atomic mass is 16.5. The van der Waals surface area contributed by atoms with Crippen LogP contribution < -0.4 is 5.59 Å². The number of aromatic nitrogens is 1. The minimum Gasteiger partial charge on any atom is -0.462 e. The van der Waals surface area contributed by atoms with Crippen LogP contribution >= 0.6 is 0 Å². The van der Waals surface area contributed by atoms with Crippen LogP contribution in [-0.4, -0.2) is 34.7 Å². The largest absolute Gasteiger partial charge is 0.506 e. The van der Waals surface area contributed by atoms with Gasteiger partial charge in [0.05, 0.1) is 17.8 Å². The van der Waals surface area contributed by atoms with Gasteiger partial charge in [-0.1, -0.05) is 13.3 Å². The summed E-state index contributed by atoms with van der Waals surface area (Å²) in [5, 5.41) is 17.9. The van der Waals surface area contributed by atoms with Crippen LogP contribution in [0.15, 0.2) is 12.3 Å². The van der Waals surface area contributed by atoms with Gasteiger partial charge in [-0.3, -0.25) is 0 Å². The van der Waals surface area contributed by atoms with Crippen LogP contribution in [0.4, 0.5) is 0 Å². The van der Waals surface area contributed by atoms with Gasteiger partial charge < -0.3 is 19.8 Å². The molecule has 82 valence electrons. The lowest BCUT2D eigenvalue weighted by molar-refractivity contribution is 0.0501. The molecule has 0 saturated heterocycles. The highest BCUT2D eigenvalue weighted by molar-refractivity contribution is 6.59. The number of ether oxygens (including phenoxy) is 1. The van der Waals surface area contributed by atoms with Crippen molar-refractivity contribution in [1.29, 1.82) is 0 Å². The van der Waals surface area contributed by atoms with Crippen molar-refractivity contribution in [3.63, 3.8) is 0 Å². The Bertz CT molecular complexity index is 324.